The van der Waals surface area contributed by atoms with E-state index in [0.717, 1.165) is 35.1 Å². The minimum Gasteiger partial charge on any atom is -0.480 e. The summed E-state index contributed by atoms with van der Waals surface area (Å²) in [7, 11) is 0. The maximum Gasteiger partial charge on any atom is 0.326 e. The van der Waals surface area contributed by atoms with Gasteiger partial charge in [-0.05, 0) is 45.9 Å². The van der Waals surface area contributed by atoms with Gasteiger partial charge < -0.3 is 10.0 Å². The molecule has 1 amide bonds. The lowest BCUT2D eigenvalue weighted by Gasteiger charge is -2.30. The highest BCUT2D eigenvalue weighted by atomic mass is 16.4. The summed E-state index contributed by atoms with van der Waals surface area (Å²) < 4.78 is 0. The average molecular weight is 450 g/mol. The Morgan fingerprint density at radius 1 is 1.06 bits per heavy atom. The van der Waals surface area contributed by atoms with Crippen LogP contribution >= 0.6 is 0 Å². The quantitative estimate of drug-likeness (QED) is 0.444. The third-order valence-electron chi connectivity index (χ3n) is 5.57. The van der Waals surface area contributed by atoms with Gasteiger partial charge in [0, 0.05) is 18.5 Å². The molecule has 1 heterocycles. The Morgan fingerprint density at radius 3 is 2.33 bits per heavy atom. The predicted octanol–water partition coefficient (Wildman–Crippen LogP) is 4.55. The lowest BCUT2D eigenvalue weighted by molar-refractivity contribution is -0.151. The third-order valence-corrected chi connectivity index (χ3v) is 5.57. The van der Waals surface area contributed by atoms with Crippen LogP contribution in [0, 0.1) is 5.92 Å². The number of amides is 1. The van der Waals surface area contributed by atoms with Gasteiger partial charge in [0.05, 0.1) is 0 Å². The van der Waals surface area contributed by atoms with Crippen LogP contribution in [0.5, 0.6) is 0 Å². The van der Waals surface area contributed by atoms with Crippen molar-refractivity contribution in [3.05, 3.63) is 54.1 Å². The van der Waals surface area contributed by atoms with Crippen LogP contribution in [0.1, 0.15) is 52.0 Å². The molecule has 1 aromatic heterocycles. The molecular formula is C25H31N5O3. The van der Waals surface area contributed by atoms with Crippen molar-refractivity contribution < 1.29 is 14.7 Å². The van der Waals surface area contributed by atoms with E-state index in [0.29, 0.717) is 18.7 Å². The van der Waals surface area contributed by atoms with Gasteiger partial charge in [-0.1, -0.05) is 75.7 Å². The molecule has 0 spiro atoms. The van der Waals surface area contributed by atoms with E-state index in [1.807, 2.05) is 69.3 Å². The van der Waals surface area contributed by atoms with Crippen LogP contribution in [0.15, 0.2) is 48.5 Å². The Bertz CT molecular complexity index is 1050. The van der Waals surface area contributed by atoms with Crippen LogP contribution in [0.4, 0.5) is 0 Å². The first-order valence-electron chi connectivity index (χ1n) is 11.3. The zero-order chi connectivity index (χ0) is 23.8. The van der Waals surface area contributed by atoms with Gasteiger partial charge in [0.1, 0.15) is 6.04 Å². The minimum absolute atomic E-state index is 0.114. The topological polar surface area (TPSA) is 112 Å². The Kier molecular flexibility index (Phi) is 8.29. The second-order valence-electron chi connectivity index (χ2n) is 8.60. The maximum atomic E-state index is 12.9. The van der Waals surface area contributed by atoms with Gasteiger partial charge in [0.25, 0.3) is 0 Å². The number of benzene rings is 2. The van der Waals surface area contributed by atoms with E-state index in [2.05, 4.69) is 20.6 Å². The number of H-pyrrole nitrogens is 1. The molecule has 0 aliphatic rings. The molecule has 8 nitrogen and oxygen atoms in total. The van der Waals surface area contributed by atoms with Gasteiger partial charge in [-0.15, -0.1) is 5.10 Å². The van der Waals surface area contributed by atoms with E-state index in [4.69, 9.17) is 0 Å². The first-order chi connectivity index (χ1) is 15.9. The molecule has 0 radical (unpaired) electrons. The Hall–Kier alpha value is -3.55. The van der Waals surface area contributed by atoms with Crippen molar-refractivity contribution in [2.24, 2.45) is 5.92 Å². The smallest absolute Gasteiger partial charge is 0.326 e. The van der Waals surface area contributed by atoms with Crippen molar-refractivity contribution in [1.29, 1.82) is 0 Å². The number of carboxylic acid groups (broad SMARTS) is 1. The highest BCUT2D eigenvalue weighted by Crippen LogP contribution is 2.30. The number of aromatic amines is 1. The second-order valence-corrected chi connectivity index (χ2v) is 8.60. The van der Waals surface area contributed by atoms with Gasteiger partial charge in [0.2, 0.25) is 5.91 Å². The zero-order valence-corrected chi connectivity index (χ0v) is 19.4. The Labute approximate surface area is 194 Å². The number of carboxylic acids is 1. The molecular weight excluding hydrogens is 418 g/mol. The van der Waals surface area contributed by atoms with Gasteiger partial charge in [-0.3, -0.25) is 4.79 Å². The fourth-order valence-electron chi connectivity index (χ4n) is 3.85. The summed E-state index contributed by atoms with van der Waals surface area (Å²) in [6, 6.07) is 14.8. The number of tetrazole rings is 1. The lowest BCUT2D eigenvalue weighted by atomic mass is 9.97. The molecule has 0 aliphatic carbocycles. The standard InChI is InChI=1S/C25H31N5O3/c1-4-5-10-23(31)30(22(25(32)33)15-17(2)3)16-18-11-13-19(14-12-18)20-8-6-7-9-21(20)24-26-28-29-27-24/h6-9,11-14,17,22H,4-5,10,15-16H2,1-3H3,(H,32,33)(H,26,27,28,29)/t22-/m0/s1. The molecule has 0 saturated carbocycles. The molecule has 0 fully saturated rings. The van der Waals surface area contributed by atoms with Crippen molar-refractivity contribution in [1.82, 2.24) is 25.5 Å². The zero-order valence-electron chi connectivity index (χ0n) is 19.4. The number of unbranched alkanes of at least 4 members (excludes halogenated alkanes) is 1. The molecule has 0 aliphatic heterocycles. The van der Waals surface area contributed by atoms with E-state index < -0.39 is 12.0 Å². The summed E-state index contributed by atoms with van der Waals surface area (Å²) in [5.41, 5.74) is 3.72. The van der Waals surface area contributed by atoms with Crippen molar-refractivity contribution in [3.63, 3.8) is 0 Å². The van der Waals surface area contributed by atoms with Crippen LogP contribution in [-0.2, 0) is 16.1 Å². The molecule has 2 aromatic carbocycles. The normalized spacial score (nSPS) is 12.0. The van der Waals surface area contributed by atoms with Crippen molar-refractivity contribution >= 4 is 11.9 Å². The van der Waals surface area contributed by atoms with Crippen molar-refractivity contribution in [3.8, 4) is 22.5 Å². The van der Waals surface area contributed by atoms with Crippen LogP contribution < -0.4 is 0 Å². The number of nitrogens with one attached hydrogen (secondary N) is 1. The van der Waals surface area contributed by atoms with Crippen LogP contribution in [0.25, 0.3) is 22.5 Å². The predicted molar refractivity (Wildman–Crippen MR) is 126 cm³/mol. The Morgan fingerprint density at radius 2 is 1.76 bits per heavy atom. The first-order valence-corrected chi connectivity index (χ1v) is 11.3. The van der Waals surface area contributed by atoms with E-state index >= 15 is 0 Å². The van der Waals surface area contributed by atoms with Crippen molar-refractivity contribution in [2.75, 3.05) is 0 Å². The van der Waals surface area contributed by atoms with Gasteiger partial charge in [-0.25, -0.2) is 9.89 Å². The fourth-order valence-corrected chi connectivity index (χ4v) is 3.85. The number of hydrogen-bond acceptors (Lipinski definition) is 5. The monoisotopic (exact) mass is 449 g/mol. The number of carbonyl (C=O) groups is 2. The first kappa shape index (κ1) is 24.1. The lowest BCUT2D eigenvalue weighted by Crippen LogP contribution is -2.45. The molecule has 2 N–H and O–H groups in total. The second kappa shape index (κ2) is 11.4. The van der Waals surface area contributed by atoms with E-state index in [9.17, 15) is 14.7 Å². The maximum absolute atomic E-state index is 12.9. The van der Waals surface area contributed by atoms with E-state index in [1.165, 1.54) is 4.90 Å². The molecule has 3 rings (SSSR count). The Balaban J connectivity index is 1.86. The van der Waals surface area contributed by atoms with Crippen LogP contribution in [-0.4, -0.2) is 48.5 Å². The molecule has 0 unspecified atom stereocenters. The highest BCUT2D eigenvalue weighted by Gasteiger charge is 2.30. The summed E-state index contributed by atoms with van der Waals surface area (Å²) in [6.07, 6.45) is 2.41. The number of aromatic nitrogens is 4. The van der Waals surface area contributed by atoms with E-state index in [1.54, 1.807) is 0 Å². The summed E-state index contributed by atoms with van der Waals surface area (Å²) in [6.45, 7) is 6.23. The van der Waals surface area contributed by atoms with Gasteiger partial charge in [-0.2, -0.15) is 0 Å². The number of carbonyl (C=O) groups excluding carboxylic acids is 1. The fraction of sp³-hybridized carbons (Fsp3) is 0.400. The number of hydrogen-bond donors (Lipinski definition) is 2. The summed E-state index contributed by atoms with van der Waals surface area (Å²) in [5, 5.41) is 24.0. The number of rotatable bonds is 11. The molecule has 33 heavy (non-hydrogen) atoms. The summed E-state index contributed by atoms with van der Waals surface area (Å²) in [4.78, 5) is 26.5. The van der Waals surface area contributed by atoms with Gasteiger partial charge >= 0.3 is 5.97 Å². The number of aliphatic carboxylic acids is 1. The molecule has 3 aromatic rings. The third kappa shape index (κ3) is 6.25. The molecule has 0 saturated heterocycles. The van der Waals surface area contributed by atoms with Gasteiger partial charge in [0.15, 0.2) is 5.82 Å². The largest absolute Gasteiger partial charge is 0.480 e. The van der Waals surface area contributed by atoms with E-state index in [-0.39, 0.29) is 18.4 Å². The van der Waals surface area contributed by atoms with Crippen molar-refractivity contribution in [2.45, 2.75) is 59.0 Å². The van der Waals surface area contributed by atoms with Crippen LogP contribution in [0.2, 0.25) is 0 Å². The molecule has 8 heteroatoms. The average Bonchev–Trinajstić information content (AvgIpc) is 3.35. The summed E-state index contributed by atoms with van der Waals surface area (Å²) >= 11 is 0. The number of nitrogens with zero attached hydrogens (tertiary/aromatic N) is 4. The minimum atomic E-state index is -0.959. The molecule has 0 bridgehead atoms. The molecule has 174 valence electrons. The van der Waals surface area contributed by atoms with Crippen LogP contribution in [0.3, 0.4) is 0 Å². The SMILES string of the molecule is CCCCC(=O)N(Cc1ccc(-c2ccccc2-c2nnn[nH]2)cc1)[C@@H](CC(C)C)C(=O)O. The highest BCUT2D eigenvalue weighted by molar-refractivity contribution is 5.84. The summed E-state index contributed by atoms with van der Waals surface area (Å²) in [5.74, 6) is -0.325. The molecule has 1 atom stereocenters.